The first kappa shape index (κ1) is 34.0. The van der Waals surface area contributed by atoms with Gasteiger partial charge in [-0.2, -0.15) is 0 Å². The van der Waals surface area contributed by atoms with E-state index in [0.29, 0.717) is 12.8 Å². The molecule has 0 aromatic carbocycles. The molecule has 0 radical (unpaired) electrons. The van der Waals surface area contributed by atoms with Gasteiger partial charge in [-0.3, -0.25) is 4.79 Å². The normalized spacial score (nSPS) is 25.9. The number of amides is 1. The molecule has 1 heterocycles. The molecule has 9 nitrogen and oxygen atoms in total. The van der Waals surface area contributed by atoms with Gasteiger partial charge < -0.3 is 40.3 Å². The van der Waals surface area contributed by atoms with E-state index < -0.39 is 49.5 Å². The van der Waals surface area contributed by atoms with Crippen LogP contribution in [0.1, 0.15) is 104 Å². The molecule has 0 aromatic heterocycles. The van der Waals surface area contributed by atoms with Crippen LogP contribution in [0.3, 0.4) is 0 Å². The fourth-order valence-electron chi connectivity index (χ4n) is 4.43. The lowest BCUT2D eigenvalue weighted by atomic mass is 9.99. The van der Waals surface area contributed by atoms with Gasteiger partial charge in [0, 0.05) is 6.42 Å². The van der Waals surface area contributed by atoms with Crippen LogP contribution in [0.2, 0.25) is 0 Å². The monoisotopic (exact) mass is 531 g/mol. The predicted molar refractivity (Wildman–Crippen MR) is 143 cm³/mol. The van der Waals surface area contributed by atoms with Gasteiger partial charge in [0.2, 0.25) is 5.91 Å². The molecule has 0 aromatic rings. The van der Waals surface area contributed by atoms with E-state index in [1.54, 1.807) is 6.08 Å². The molecule has 1 aliphatic rings. The largest absolute Gasteiger partial charge is 0.394 e. The number of hydrogen-bond acceptors (Lipinski definition) is 8. The van der Waals surface area contributed by atoms with Crippen LogP contribution in [0.15, 0.2) is 12.2 Å². The quantitative estimate of drug-likeness (QED) is 0.0978. The van der Waals surface area contributed by atoms with Gasteiger partial charge in [0.05, 0.1) is 25.4 Å². The summed E-state index contributed by atoms with van der Waals surface area (Å²) >= 11 is 0. The van der Waals surface area contributed by atoms with Gasteiger partial charge in [0.1, 0.15) is 24.4 Å². The highest BCUT2D eigenvalue weighted by atomic mass is 16.7. The Bertz CT molecular complexity index is 603. The van der Waals surface area contributed by atoms with Crippen LogP contribution in [0.25, 0.3) is 0 Å². The molecule has 1 saturated heterocycles. The molecule has 1 rings (SSSR count). The summed E-state index contributed by atoms with van der Waals surface area (Å²) in [7, 11) is 0. The second-order valence-corrected chi connectivity index (χ2v) is 10.2. The number of unbranched alkanes of at least 4 members (excludes halogenated alkanes) is 11. The van der Waals surface area contributed by atoms with Crippen LogP contribution < -0.4 is 5.32 Å². The highest BCUT2D eigenvalue weighted by Crippen LogP contribution is 2.22. The molecule has 1 fully saturated rings. The van der Waals surface area contributed by atoms with Gasteiger partial charge in [-0.1, -0.05) is 90.2 Å². The Balaban J connectivity index is 2.41. The number of nitrogens with one attached hydrogen (secondary N) is 1. The first-order valence-corrected chi connectivity index (χ1v) is 14.4. The fourth-order valence-corrected chi connectivity index (χ4v) is 4.43. The molecule has 0 spiro atoms. The lowest BCUT2D eigenvalue weighted by molar-refractivity contribution is -0.302. The molecule has 9 heteroatoms. The zero-order chi connectivity index (χ0) is 27.5. The number of carbonyl (C=O) groups excluding carboxylic acids is 1. The zero-order valence-corrected chi connectivity index (χ0v) is 23.0. The van der Waals surface area contributed by atoms with Crippen LogP contribution in [0.5, 0.6) is 0 Å². The molecule has 218 valence electrons. The molecule has 1 amide bonds. The Hall–Kier alpha value is -1.07. The third-order valence-corrected chi connectivity index (χ3v) is 6.83. The first-order valence-electron chi connectivity index (χ1n) is 14.4. The van der Waals surface area contributed by atoms with E-state index >= 15 is 0 Å². The van der Waals surface area contributed by atoms with Crippen molar-refractivity contribution in [3.05, 3.63) is 12.2 Å². The number of rotatable bonds is 21. The van der Waals surface area contributed by atoms with Crippen molar-refractivity contribution in [3.63, 3.8) is 0 Å². The average molecular weight is 532 g/mol. The topological polar surface area (TPSA) is 149 Å². The SMILES string of the molecule is CCCCCCCCCCCCC/C=C/C(O)C(COC1OC(CO)C(O)C(O)C1O)NC(=O)CCC. The van der Waals surface area contributed by atoms with E-state index in [-0.39, 0.29) is 12.5 Å². The van der Waals surface area contributed by atoms with E-state index in [2.05, 4.69) is 12.2 Å². The van der Waals surface area contributed by atoms with Crippen molar-refractivity contribution in [2.75, 3.05) is 13.2 Å². The predicted octanol–water partition coefficient (Wildman–Crippen LogP) is 2.71. The third-order valence-electron chi connectivity index (χ3n) is 6.83. The maximum absolute atomic E-state index is 12.2. The Morgan fingerprint density at radius 3 is 2.05 bits per heavy atom. The van der Waals surface area contributed by atoms with Gasteiger partial charge in [0.15, 0.2) is 6.29 Å². The number of carbonyl (C=O) groups is 1. The summed E-state index contributed by atoms with van der Waals surface area (Å²) in [5.74, 6) is -0.234. The van der Waals surface area contributed by atoms with Gasteiger partial charge in [0.25, 0.3) is 0 Å². The fraction of sp³-hybridized carbons (Fsp3) is 0.893. The van der Waals surface area contributed by atoms with Crippen molar-refractivity contribution in [1.82, 2.24) is 5.32 Å². The van der Waals surface area contributed by atoms with Gasteiger partial charge in [-0.25, -0.2) is 0 Å². The Morgan fingerprint density at radius 2 is 1.49 bits per heavy atom. The zero-order valence-electron chi connectivity index (χ0n) is 23.0. The lowest BCUT2D eigenvalue weighted by Gasteiger charge is -2.40. The van der Waals surface area contributed by atoms with Crippen LogP contribution in [-0.2, 0) is 14.3 Å². The summed E-state index contributed by atoms with van der Waals surface area (Å²) in [4.78, 5) is 12.2. The van der Waals surface area contributed by atoms with Gasteiger partial charge in [-0.05, 0) is 19.3 Å². The van der Waals surface area contributed by atoms with Crippen molar-refractivity contribution >= 4 is 5.91 Å². The van der Waals surface area contributed by atoms with Crippen molar-refractivity contribution < 1.29 is 39.8 Å². The number of aliphatic hydroxyl groups excluding tert-OH is 5. The molecular weight excluding hydrogens is 478 g/mol. The molecule has 0 saturated carbocycles. The second kappa shape index (κ2) is 20.8. The Labute approximate surface area is 223 Å². The van der Waals surface area contributed by atoms with Crippen LogP contribution >= 0.6 is 0 Å². The first-order chi connectivity index (χ1) is 17.8. The summed E-state index contributed by atoms with van der Waals surface area (Å²) in [6.45, 7) is 3.36. The number of allylic oxidation sites excluding steroid dienone is 1. The summed E-state index contributed by atoms with van der Waals surface area (Å²) in [5, 5.41) is 52.8. The minimum atomic E-state index is -1.56. The smallest absolute Gasteiger partial charge is 0.220 e. The van der Waals surface area contributed by atoms with Crippen molar-refractivity contribution in [2.24, 2.45) is 0 Å². The van der Waals surface area contributed by atoms with E-state index in [1.165, 1.54) is 57.8 Å². The molecule has 0 aliphatic carbocycles. The second-order valence-electron chi connectivity index (χ2n) is 10.2. The van der Waals surface area contributed by atoms with E-state index in [0.717, 1.165) is 19.3 Å². The molecule has 37 heavy (non-hydrogen) atoms. The number of hydrogen-bond donors (Lipinski definition) is 6. The van der Waals surface area contributed by atoms with Gasteiger partial charge in [-0.15, -0.1) is 0 Å². The molecule has 6 N–H and O–H groups in total. The Kier molecular flexibility index (Phi) is 19.1. The van der Waals surface area contributed by atoms with Crippen molar-refractivity contribution in [3.8, 4) is 0 Å². The summed E-state index contributed by atoms with van der Waals surface area (Å²) in [6.07, 6.45) is 11.3. The Morgan fingerprint density at radius 1 is 0.892 bits per heavy atom. The van der Waals surface area contributed by atoms with E-state index in [4.69, 9.17) is 9.47 Å². The molecule has 7 unspecified atom stereocenters. The standard InChI is InChI=1S/C28H53NO8/c1-3-5-6-7-8-9-10-11-12-13-14-15-16-18-22(31)21(29-24(32)17-4-2)20-36-28-27(35)26(34)25(33)23(19-30)37-28/h16,18,21-23,25-28,30-31,33-35H,3-15,17,19-20H2,1-2H3,(H,29,32)/b18-16+. The maximum atomic E-state index is 12.2. The van der Waals surface area contributed by atoms with Crippen molar-refractivity contribution in [1.29, 1.82) is 0 Å². The van der Waals surface area contributed by atoms with Crippen LogP contribution in [0, 0.1) is 0 Å². The highest BCUT2D eigenvalue weighted by molar-refractivity contribution is 5.76. The minimum Gasteiger partial charge on any atom is -0.394 e. The molecule has 0 bridgehead atoms. The molecule has 1 aliphatic heterocycles. The number of ether oxygens (including phenoxy) is 2. The molecular formula is C28H53NO8. The van der Waals surface area contributed by atoms with Crippen LogP contribution in [-0.4, -0.2) is 87.5 Å². The minimum absolute atomic E-state index is 0.192. The van der Waals surface area contributed by atoms with Gasteiger partial charge >= 0.3 is 0 Å². The average Bonchev–Trinajstić information content (AvgIpc) is 2.88. The summed E-state index contributed by atoms with van der Waals surface area (Å²) in [5.41, 5.74) is 0. The van der Waals surface area contributed by atoms with E-state index in [9.17, 15) is 30.3 Å². The lowest BCUT2D eigenvalue weighted by Crippen LogP contribution is -2.60. The third kappa shape index (κ3) is 14.0. The van der Waals surface area contributed by atoms with Crippen LogP contribution in [0.4, 0.5) is 0 Å². The number of aliphatic hydroxyl groups is 5. The van der Waals surface area contributed by atoms with E-state index in [1.807, 2.05) is 13.0 Å². The van der Waals surface area contributed by atoms with Crippen molar-refractivity contribution in [2.45, 2.75) is 147 Å². The summed E-state index contributed by atoms with van der Waals surface area (Å²) < 4.78 is 10.9. The summed E-state index contributed by atoms with van der Waals surface area (Å²) in [6, 6.07) is -0.792. The maximum Gasteiger partial charge on any atom is 0.220 e. The molecule has 7 atom stereocenters. The highest BCUT2D eigenvalue weighted by Gasteiger charge is 2.44.